The molecule has 0 aromatic carbocycles. The molecule has 2 N–H and O–H groups in total. The fraction of sp³-hybridized carbons (Fsp3) is 0.667. The second kappa shape index (κ2) is 5.56. The zero-order valence-corrected chi connectivity index (χ0v) is 5.68. The van der Waals surface area contributed by atoms with Crippen LogP contribution in [0.25, 0.3) is 0 Å². The fourth-order valence-electron chi connectivity index (χ4n) is 0.597. The average Bonchev–Trinajstić information content (AvgIpc) is 1.88. The minimum absolute atomic E-state index is 0.0833. The maximum atomic E-state index is 9.88. The summed E-state index contributed by atoms with van der Waals surface area (Å²) in [6, 6.07) is 0. The number of nitrogens with one attached hydrogen (secondary N) is 2. The monoisotopic (exact) mass is 129 g/mol. The Morgan fingerprint density at radius 3 is 2.78 bits per heavy atom. The van der Waals surface area contributed by atoms with Gasteiger partial charge in [-0.15, -0.1) is 0 Å². The van der Waals surface area contributed by atoms with Crippen molar-refractivity contribution in [2.45, 2.75) is 19.0 Å². The van der Waals surface area contributed by atoms with Crippen LogP contribution in [0.4, 0.5) is 0 Å². The molecule has 1 radical (unpaired) electrons. The smallest absolute Gasteiger partial charge is 0.208 e. The number of carbonyl (C=O) groups is 1. The first-order chi connectivity index (χ1) is 4.35. The van der Waals surface area contributed by atoms with E-state index in [9.17, 15) is 4.79 Å². The van der Waals surface area contributed by atoms with Crippen molar-refractivity contribution in [1.29, 1.82) is 0 Å². The van der Waals surface area contributed by atoms with Crippen LogP contribution in [0.1, 0.15) is 12.8 Å². The molecule has 0 aliphatic rings. The highest BCUT2D eigenvalue weighted by atomic mass is 16.1. The third-order valence-corrected chi connectivity index (χ3v) is 1.11. The van der Waals surface area contributed by atoms with Crippen molar-refractivity contribution in [3.05, 3.63) is 6.92 Å². The lowest BCUT2D eigenvalue weighted by molar-refractivity contribution is -0.110. The van der Waals surface area contributed by atoms with E-state index in [1.165, 1.54) is 0 Å². The van der Waals surface area contributed by atoms with Crippen LogP contribution in [-0.4, -0.2) is 19.6 Å². The predicted molar refractivity (Wildman–Crippen MR) is 36.6 cm³/mol. The Hall–Kier alpha value is -0.570. The lowest BCUT2D eigenvalue weighted by Gasteiger charge is -2.12. The Labute approximate surface area is 55.8 Å². The molecule has 0 aliphatic heterocycles. The van der Waals surface area contributed by atoms with Crippen molar-refractivity contribution in [2.24, 2.45) is 0 Å². The lowest BCUT2D eigenvalue weighted by Crippen LogP contribution is -2.38. The van der Waals surface area contributed by atoms with E-state index in [1.807, 2.05) is 0 Å². The quantitative estimate of drug-likeness (QED) is 0.402. The largest absolute Gasteiger partial charge is 0.343 e. The van der Waals surface area contributed by atoms with Crippen molar-refractivity contribution in [3.63, 3.8) is 0 Å². The van der Waals surface area contributed by atoms with Gasteiger partial charge in [-0.05, 0) is 13.5 Å². The van der Waals surface area contributed by atoms with Gasteiger partial charge in [-0.25, -0.2) is 0 Å². The van der Waals surface area contributed by atoms with Gasteiger partial charge in [0.15, 0.2) is 0 Å². The van der Waals surface area contributed by atoms with Crippen molar-refractivity contribution in [1.82, 2.24) is 10.6 Å². The first-order valence-electron chi connectivity index (χ1n) is 3.01. The summed E-state index contributed by atoms with van der Waals surface area (Å²) in [5.74, 6) is 0. The zero-order chi connectivity index (χ0) is 7.11. The maximum absolute atomic E-state index is 9.88. The molecule has 9 heavy (non-hydrogen) atoms. The highest BCUT2D eigenvalue weighted by Gasteiger charge is 1.98. The Balaban J connectivity index is 3.28. The van der Waals surface area contributed by atoms with Crippen LogP contribution in [0.5, 0.6) is 0 Å². The van der Waals surface area contributed by atoms with Crippen molar-refractivity contribution in [3.8, 4) is 0 Å². The first kappa shape index (κ1) is 8.43. The van der Waals surface area contributed by atoms with Gasteiger partial charge in [0.2, 0.25) is 6.41 Å². The third kappa shape index (κ3) is 3.97. The van der Waals surface area contributed by atoms with Crippen LogP contribution in [0, 0.1) is 6.92 Å². The molecule has 0 saturated carbocycles. The average molecular weight is 129 g/mol. The van der Waals surface area contributed by atoms with E-state index < -0.39 is 0 Å². The molecule has 0 aromatic rings. The predicted octanol–water partition coefficient (Wildman–Crippen LogP) is -0.108. The van der Waals surface area contributed by atoms with E-state index in [-0.39, 0.29) is 6.17 Å². The number of rotatable bonds is 5. The van der Waals surface area contributed by atoms with Gasteiger partial charge < -0.3 is 10.6 Å². The Morgan fingerprint density at radius 1 is 1.78 bits per heavy atom. The summed E-state index contributed by atoms with van der Waals surface area (Å²) < 4.78 is 0. The number of hydrogen-bond acceptors (Lipinski definition) is 2. The summed E-state index contributed by atoms with van der Waals surface area (Å²) in [5, 5.41) is 5.52. The third-order valence-electron chi connectivity index (χ3n) is 1.11. The molecule has 0 rings (SSSR count). The highest BCUT2D eigenvalue weighted by Crippen LogP contribution is 1.88. The van der Waals surface area contributed by atoms with Crippen LogP contribution < -0.4 is 10.6 Å². The lowest BCUT2D eigenvalue weighted by atomic mass is 10.3. The Kier molecular flexibility index (Phi) is 5.21. The van der Waals surface area contributed by atoms with E-state index >= 15 is 0 Å². The molecule has 53 valence electrons. The van der Waals surface area contributed by atoms with Crippen molar-refractivity contribution >= 4 is 6.41 Å². The summed E-state index contributed by atoms with van der Waals surface area (Å²) in [7, 11) is 1.80. The molecule has 0 aliphatic carbocycles. The van der Waals surface area contributed by atoms with Gasteiger partial charge in [0.25, 0.3) is 0 Å². The second-order valence-electron chi connectivity index (χ2n) is 1.77. The van der Waals surface area contributed by atoms with Crippen LogP contribution in [0.2, 0.25) is 0 Å². The summed E-state index contributed by atoms with van der Waals surface area (Å²) in [6.07, 6.45) is 2.47. The molecular formula is C6H13N2O. The molecular weight excluding hydrogens is 116 g/mol. The molecule has 0 heterocycles. The normalized spacial score (nSPS) is 12.7. The van der Waals surface area contributed by atoms with Crippen molar-refractivity contribution in [2.75, 3.05) is 7.05 Å². The molecule has 1 amide bonds. The van der Waals surface area contributed by atoms with Gasteiger partial charge in [0.05, 0.1) is 6.17 Å². The highest BCUT2D eigenvalue weighted by molar-refractivity contribution is 5.46. The minimum atomic E-state index is 0.0833. The topological polar surface area (TPSA) is 41.1 Å². The van der Waals surface area contributed by atoms with Crippen molar-refractivity contribution < 1.29 is 4.79 Å². The molecule has 3 heteroatoms. The minimum Gasteiger partial charge on any atom is -0.343 e. The van der Waals surface area contributed by atoms with Gasteiger partial charge in [0.1, 0.15) is 0 Å². The van der Waals surface area contributed by atoms with Crippen LogP contribution in [0.3, 0.4) is 0 Å². The molecule has 0 saturated heterocycles. The van der Waals surface area contributed by atoms with E-state index in [1.54, 1.807) is 7.05 Å². The summed E-state index contributed by atoms with van der Waals surface area (Å²) >= 11 is 0. The van der Waals surface area contributed by atoms with Gasteiger partial charge in [0, 0.05) is 0 Å². The Morgan fingerprint density at radius 2 is 2.44 bits per heavy atom. The molecule has 0 bridgehead atoms. The van der Waals surface area contributed by atoms with Gasteiger partial charge >= 0.3 is 0 Å². The molecule has 3 nitrogen and oxygen atoms in total. The van der Waals surface area contributed by atoms with E-state index in [2.05, 4.69) is 17.6 Å². The molecule has 0 aromatic heterocycles. The second-order valence-corrected chi connectivity index (χ2v) is 1.77. The van der Waals surface area contributed by atoms with E-state index in [0.717, 1.165) is 12.8 Å². The Bertz CT molecular complexity index is 75.5. The van der Waals surface area contributed by atoms with Crippen LogP contribution in [0.15, 0.2) is 0 Å². The summed E-state index contributed by atoms with van der Waals surface area (Å²) in [6.45, 7) is 3.66. The zero-order valence-electron chi connectivity index (χ0n) is 5.68. The summed E-state index contributed by atoms with van der Waals surface area (Å²) in [4.78, 5) is 9.88. The maximum Gasteiger partial charge on any atom is 0.208 e. The first-order valence-corrected chi connectivity index (χ1v) is 3.01. The molecule has 0 fully saturated rings. The molecule has 1 unspecified atom stereocenters. The van der Waals surface area contributed by atoms with E-state index in [0.29, 0.717) is 6.41 Å². The molecule has 1 atom stereocenters. The van der Waals surface area contributed by atoms with E-state index in [4.69, 9.17) is 0 Å². The van der Waals surface area contributed by atoms with Gasteiger partial charge in [-0.1, -0.05) is 13.3 Å². The van der Waals surface area contributed by atoms with Gasteiger partial charge in [-0.3, -0.25) is 4.79 Å². The van der Waals surface area contributed by atoms with Crippen LogP contribution >= 0.6 is 0 Å². The fourth-order valence-corrected chi connectivity index (χ4v) is 0.597. The number of carbonyl (C=O) groups excluding carboxylic acids is 1. The SMILES string of the molecule is [CH2]CCC(NC)NC=O. The number of amides is 1. The number of hydrogen-bond donors (Lipinski definition) is 2. The van der Waals surface area contributed by atoms with Gasteiger partial charge in [-0.2, -0.15) is 0 Å². The summed E-state index contributed by atoms with van der Waals surface area (Å²) in [5.41, 5.74) is 0. The van der Waals surface area contributed by atoms with Crippen LogP contribution in [-0.2, 0) is 4.79 Å². The molecule has 0 spiro atoms. The standard InChI is InChI=1S/C6H13N2O/c1-3-4-6(7-2)8-5-9/h5-7H,1,3-4H2,2H3,(H,8,9).